The minimum atomic E-state index is -0.132. The van der Waals surface area contributed by atoms with E-state index in [-0.39, 0.29) is 18.2 Å². The van der Waals surface area contributed by atoms with Gasteiger partial charge in [0.05, 0.1) is 12.1 Å². The molecule has 1 aliphatic heterocycles. The number of nitrogens with zero attached hydrogens (tertiary/aromatic N) is 3. The first kappa shape index (κ1) is 18.7. The number of rotatable bonds is 3. The second kappa shape index (κ2) is 7.68. The van der Waals surface area contributed by atoms with E-state index in [1.807, 2.05) is 6.92 Å². The molecular formula is C18H19Cl2N3O3. The van der Waals surface area contributed by atoms with Crippen LogP contribution in [0.4, 0.5) is 0 Å². The molecule has 1 aliphatic rings. The first-order valence-corrected chi connectivity index (χ1v) is 9.05. The van der Waals surface area contributed by atoms with Crippen LogP contribution in [-0.2, 0) is 11.2 Å². The highest BCUT2D eigenvalue weighted by Crippen LogP contribution is 2.21. The maximum Gasteiger partial charge on any atom is 0.254 e. The highest BCUT2D eigenvalue weighted by Gasteiger charge is 2.26. The summed E-state index contributed by atoms with van der Waals surface area (Å²) in [5, 5.41) is 4.73. The van der Waals surface area contributed by atoms with Crippen LogP contribution in [0, 0.1) is 13.8 Å². The van der Waals surface area contributed by atoms with Crippen molar-refractivity contribution in [2.24, 2.45) is 0 Å². The second-order valence-electron chi connectivity index (χ2n) is 6.31. The van der Waals surface area contributed by atoms with Crippen molar-refractivity contribution in [1.82, 2.24) is 15.0 Å². The van der Waals surface area contributed by atoms with Crippen LogP contribution in [-0.4, -0.2) is 52.9 Å². The van der Waals surface area contributed by atoms with Gasteiger partial charge in [-0.3, -0.25) is 9.59 Å². The molecule has 1 saturated heterocycles. The van der Waals surface area contributed by atoms with Crippen LogP contribution in [0.15, 0.2) is 22.7 Å². The normalized spacial score (nSPS) is 14.6. The summed E-state index contributed by atoms with van der Waals surface area (Å²) in [4.78, 5) is 28.6. The Bertz CT molecular complexity index is 802. The van der Waals surface area contributed by atoms with Crippen LogP contribution >= 0.6 is 23.2 Å². The first-order valence-electron chi connectivity index (χ1n) is 8.30. The van der Waals surface area contributed by atoms with Crippen LogP contribution in [0.25, 0.3) is 0 Å². The number of carbonyl (C=O) groups excluding carboxylic acids is 2. The molecule has 1 aromatic carbocycles. The number of halogens is 2. The Balaban J connectivity index is 1.60. The summed E-state index contributed by atoms with van der Waals surface area (Å²) >= 11 is 11.9. The van der Waals surface area contributed by atoms with Gasteiger partial charge in [0.2, 0.25) is 5.91 Å². The fourth-order valence-electron chi connectivity index (χ4n) is 3.04. The van der Waals surface area contributed by atoms with Gasteiger partial charge in [0.1, 0.15) is 5.76 Å². The van der Waals surface area contributed by atoms with E-state index < -0.39 is 0 Å². The van der Waals surface area contributed by atoms with Gasteiger partial charge < -0.3 is 14.3 Å². The smallest absolute Gasteiger partial charge is 0.254 e. The van der Waals surface area contributed by atoms with Crippen molar-refractivity contribution in [3.8, 4) is 0 Å². The third-order valence-electron chi connectivity index (χ3n) is 4.54. The van der Waals surface area contributed by atoms with Gasteiger partial charge in [0, 0.05) is 47.4 Å². The van der Waals surface area contributed by atoms with Gasteiger partial charge >= 0.3 is 0 Å². The van der Waals surface area contributed by atoms with Crippen LogP contribution in [0.3, 0.4) is 0 Å². The second-order valence-corrected chi connectivity index (χ2v) is 7.18. The maximum absolute atomic E-state index is 12.6. The topological polar surface area (TPSA) is 66.7 Å². The molecule has 0 aliphatic carbocycles. The van der Waals surface area contributed by atoms with Crippen molar-refractivity contribution >= 4 is 35.0 Å². The van der Waals surface area contributed by atoms with E-state index in [9.17, 15) is 9.59 Å². The molecule has 0 N–H and O–H groups in total. The summed E-state index contributed by atoms with van der Waals surface area (Å²) in [5.41, 5.74) is 2.03. The average Bonchev–Trinajstić information content (AvgIpc) is 2.92. The summed E-state index contributed by atoms with van der Waals surface area (Å²) in [5.74, 6) is 0.548. The van der Waals surface area contributed by atoms with Gasteiger partial charge in [-0.2, -0.15) is 0 Å². The lowest BCUT2D eigenvalue weighted by atomic mass is 10.1. The van der Waals surface area contributed by atoms with Gasteiger partial charge in [0.15, 0.2) is 0 Å². The van der Waals surface area contributed by atoms with E-state index in [0.29, 0.717) is 47.5 Å². The number of piperazine rings is 1. The van der Waals surface area contributed by atoms with Crippen LogP contribution in [0.1, 0.15) is 27.4 Å². The van der Waals surface area contributed by atoms with Crippen LogP contribution in [0.2, 0.25) is 10.0 Å². The van der Waals surface area contributed by atoms with Crippen molar-refractivity contribution in [3.05, 3.63) is 50.8 Å². The number of benzene rings is 1. The molecule has 1 fully saturated rings. The summed E-state index contributed by atoms with van der Waals surface area (Å²) in [6, 6.07) is 4.79. The standard InChI is InChI=1S/C18H19Cl2N3O3/c1-11-16(12(2)26-21-11)10-17(24)22-3-5-23(6-4-22)18(25)13-7-14(19)9-15(20)8-13/h7-9H,3-6,10H2,1-2H3. The average molecular weight is 396 g/mol. The number of aromatic nitrogens is 1. The Hall–Kier alpha value is -2.05. The number of amides is 2. The quantitative estimate of drug-likeness (QED) is 0.800. The minimum Gasteiger partial charge on any atom is -0.361 e. The SMILES string of the molecule is Cc1noc(C)c1CC(=O)N1CCN(C(=O)c2cc(Cl)cc(Cl)c2)CC1. The van der Waals surface area contributed by atoms with Gasteiger partial charge in [-0.25, -0.2) is 0 Å². The highest BCUT2D eigenvalue weighted by molar-refractivity contribution is 6.35. The molecule has 2 aromatic rings. The van der Waals surface area contributed by atoms with Gasteiger partial charge in [-0.1, -0.05) is 28.4 Å². The first-order chi connectivity index (χ1) is 12.3. The van der Waals surface area contributed by atoms with Crippen molar-refractivity contribution in [3.63, 3.8) is 0 Å². The molecule has 8 heteroatoms. The third-order valence-corrected chi connectivity index (χ3v) is 4.97. The molecule has 0 atom stereocenters. The van der Waals surface area contributed by atoms with Crippen molar-refractivity contribution < 1.29 is 14.1 Å². The number of aryl methyl sites for hydroxylation is 2. The number of hydrogen-bond acceptors (Lipinski definition) is 4. The predicted molar refractivity (Wildman–Crippen MR) is 98.6 cm³/mol. The molecule has 2 heterocycles. The number of hydrogen-bond donors (Lipinski definition) is 0. The Labute approximate surface area is 161 Å². The minimum absolute atomic E-state index is 0.0114. The zero-order valence-corrected chi connectivity index (χ0v) is 16.1. The van der Waals surface area contributed by atoms with E-state index in [4.69, 9.17) is 27.7 Å². The van der Waals surface area contributed by atoms with Gasteiger partial charge in [-0.05, 0) is 32.0 Å². The van der Waals surface area contributed by atoms with Crippen molar-refractivity contribution in [2.45, 2.75) is 20.3 Å². The Morgan fingerprint density at radius 3 is 2.15 bits per heavy atom. The Kier molecular flexibility index (Phi) is 5.53. The van der Waals surface area contributed by atoms with E-state index in [2.05, 4.69) is 5.16 Å². The van der Waals surface area contributed by atoms with E-state index >= 15 is 0 Å². The van der Waals surface area contributed by atoms with Crippen molar-refractivity contribution in [1.29, 1.82) is 0 Å². The fraction of sp³-hybridized carbons (Fsp3) is 0.389. The summed E-state index contributed by atoms with van der Waals surface area (Å²) in [6.45, 7) is 5.54. The lowest BCUT2D eigenvalue weighted by molar-refractivity contribution is -0.131. The molecule has 1 aromatic heterocycles. The summed E-state index contributed by atoms with van der Waals surface area (Å²) < 4.78 is 5.11. The number of carbonyl (C=O) groups is 2. The van der Waals surface area contributed by atoms with Crippen molar-refractivity contribution in [2.75, 3.05) is 26.2 Å². The Morgan fingerprint density at radius 1 is 1.04 bits per heavy atom. The predicted octanol–water partition coefficient (Wildman–Crippen LogP) is 3.13. The molecule has 0 saturated carbocycles. The zero-order chi connectivity index (χ0) is 18.8. The molecule has 0 radical (unpaired) electrons. The Morgan fingerprint density at radius 2 is 1.62 bits per heavy atom. The highest BCUT2D eigenvalue weighted by atomic mass is 35.5. The van der Waals surface area contributed by atoms with E-state index in [1.54, 1.807) is 34.9 Å². The molecule has 2 amide bonds. The zero-order valence-electron chi connectivity index (χ0n) is 14.6. The molecule has 0 unspecified atom stereocenters. The molecule has 3 rings (SSSR count). The summed E-state index contributed by atoms with van der Waals surface area (Å²) in [6.07, 6.45) is 0.263. The fourth-order valence-corrected chi connectivity index (χ4v) is 3.56. The monoisotopic (exact) mass is 395 g/mol. The van der Waals surface area contributed by atoms with Crippen LogP contribution < -0.4 is 0 Å². The van der Waals surface area contributed by atoms with E-state index in [1.165, 1.54) is 0 Å². The summed E-state index contributed by atoms with van der Waals surface area (Å²) in [7, 11) is 0. The molecule has 6 nitrogen and oxygen atoms in total. The maximum atomic E-state index is 12.6. The van der Waals surface area contributed by atoms with Crippen LogP contribution in [0.5, 0.6) is 0 Å². The molecule has 26 heavy (non-hydrogen) atoms. The molecular weight excluding hydrogens is 377 g/mol. The lowest BCUT2D eigenvalue weighted by Crippen LogP contribution is -2.51. The molecule has 0 bridgehead atoms. The van der Waals surface area contributed by atoms with Gasteiger partial charge in [-0.15, -0.1) is 0 Å². The largest absolute Gasteiger partial charge is 0.361 e. The third kappa shape index (κ3) is 4.02. The van der Waals surface area contributed by atoms with Gasteiger partial charge in [0.25, 0.3) is 5.91 Å². The van der Waals surface area contributed by atoms with E-state index in [0.717, 1.165) is 11.3 Å². The molecule has 0 spiro atoms. The molecule has 138 valence electrons. The lowest BCUT2D eigenvalue weighted by Gasteiger charge is -2.35.